The highest BCUT2D eigenvalue weighted by atomic mass is 19.4. The number of halogens is 3. The normalized spacial score (nSPS) is 17.3. The van der Waals surface area contributed by atoms with E-state index < -0.39 is 17.6 Å². The quantitative estimate of drug-likeness (QED) is 0.643. The van der Waals surface area contributed by atoms with Gasteiger partial charge in [-0.3, -0.25) is 5.41 Å². The molecule has 0 spiro atoms. The maximum absolute atomic E-state index is 13.0. The molecule has 4 nitrogen and oxygen atoms in total. The predicted molar refractivity (Wildman–Crippen MR) is 72.2 cm³/mol. The fourth-order valence-corrected chi connectivity index (χ4v) is 2.26. The van der Waals surface area contributed by atoms with Gasteiger partial charge in [-0.25, -0.2) is 0 Å². The lowest BCUT2D eigenvalue weighted by atomic mass is 10.0. The molecule has 1 aliphatic heterocycles. The first kappa shape index (κ1) is 14.6. The number of likely N-dealkylation sites (N-methyl/N-ethyl adjacent to an activating group) is 1. The highest BCUT2D eigenvalue weighted by molar-refractivity contribution is 5.97. The van der Waals surface area contributed by atoms with Gasteiger partial charge < -0.3 is 15.5 Å². The van der Waals surface area contributed by atoms with E-state index in [1.165, 1.54) is 6.07 Å². The van der Waals surface area contributed by atoms with Crippen molar-refractivity contribution in [1.29, 1.82) is 5.41 Å². The number of nitrogens with zero attached hydrogens (tertiary/aromatic N) is 2. The van der Waals surface area contributed by atoms with Crippen LogP contribution in [0.4, 0.5) is 18.9 Å². The van der Waals surface area contributed by atoms with Gasteiger partial charge in [0, 0.05) is 37.4 Å². The average molecular weight is 286 g/mol. The molecule has 0 radical (unpaired) electrons. The van der Waals surface area contributed by atoms with Gasteiger partial charge in [0.05, 0.1) is 5.56 Å². The van der Waals surface area contributed by atoms with Crippen molar-refractivity contribution in [1.82, 2.24) is 4.90 Å². The van der Waals surface area contributed by atoms with Crippen molar-refractivity contribution in [3.8, 4) is 0 Å². The Labute approximate surface area is 115 Å². The van der Waals surface area contributed by atoms with Crippen LogP contribution in [-0.2, 0) is 6.18 Å². The zero-order valence-corrected chi connectivity index (χ0v) is 11.2. The smallest absolute Gasteiger partial charge is 0.384 e. The van der Waals surface area contributed by atoms with E-state index in [9.17, 15) is 13.2 Å². The van der Waals surface area contributed by atoms with Crippen LogP contribution >= 0.6 is 0 Å². The molecule has 7 heteroatoms. The highest BCUT2D eigenvalue weighted by Crippen LogP contribution is 2.34. The molecule has 3 N–H and O–H groups in total. The summed E-state index contributed by atoms with van der Waals surface area (Å²) in [6.07, 6.45) is -4.51. The summed E-state index contributed by atoms with van der Waals surface area (Å²) in [7, 11) is 1.98. The molecular formula is C13H17F3N4. The van der Waals surface area contributed by atoms with Crippen molar-refractivity contribution in [2.75, 3.05) is 38.1 Å². The Morgan fingerprint density at radius 3 is 2.30 bits per heavy atom. The first-order chi connectivity index (χ1) is 9.29. The number of nitrogens with two attached hydrogens (primary N) is 1. The molecule has 1 heterocycles. The fourth-order valence-electron chi connectivity index (χ4n) is 2.26. The van der Waals surface area contributed by atoms with Crippen molar-refractivity contribution < 1.29 is 13.2 Å². The van der Waals surface area contributed by atoms with Gasteiger partial charge in [0.25, 0.3) is 0 Å². The lowest BCUT2D eigenvalue weighted by Gasteiger charge is -2.34. The highest BCUT2D eigenvalue weighted by Gasteiger charge is 2.34. The molecular weight excluding hydrogens is 269 g/mol. The number of hydrogen-bond acceptors (Lipinski definition) is 3. The molecule has 0 aromatic heterocycles. The second-order valence-electron chi connectivity index (χ2n) is 4.93. The Kier molecular flexibility index (Phi) is 3.89. The maximum Gasteiger partial charge on any atom is 0.417 e. The summed E-state index contributed by atoms with van der Waals surface area (Å²) in [5, 5.41) is 7.26. The van der Waals surface area contributed by atoms with Crippen LogP contribution in [0.2, 0.25) is 0 Å². The van der Waals surface area contributed by atoms with E-state index >= 15 is 0 Å². The number of alkyl halides is 3. The Morgan fingerprint density at radius 1 is 1.20 bits per heavy atom. The van der Waals surface area contributed by atoms with Gasteiger partial charge in [0.2, 0.25) is 0 Å². The van der Waals surface area contributed by atoms with Crippen LogP contribution in [0.1, 0.15) is 11.1 Å². The third-order valence-electron chi connectivity index (χ3n) is 3.47. The van der Waals surface area contributed by atoms with Gasteiger partial charge in [0.15, 0.2) is 0 Å². The Bertz CT molecular complexity index is 505. The molecule has 0 aliphatic carbocycles. The van der Waals surface area contributed by atoms with Crippen LogP contribution in [0, 0.1) is 5.41 Å². The van der Waals surface area contributed by atoms with Crippen molar-refractivity contribution >= 4 is 11.5 Å². The zero-order valence-electron chi connectivity index (χ0n) is 11.2. The van der Waals surface area contributed by atoms with Gasteiger partial charge >= 0.3 is 6.18 Å². The van der Waals surface area contributed by atoms with Gasteiger partial charge in [-0.1, -0.05) is 0 Å². The monoisotopic (exact) mass is 286 g/mol. The lowest BCUT2D eigenvalue weighted by Crippen LogP contribution is -2.44. The van der Waals surface area contributed by atoms with Crippen molar-refractivity contribution in [2.45, 2.75) is 6.18 Å². The summed E-state index contributed by atoms with van der Waals surface area (Å²) in [6.45, 7) is 3.01. The molecule has 1 aliphatic rings. The lowest BCUT2D eigenvalue weighted by molar-refractivity contribution is -0.137. The third kappa shape index (κ3) is 3.04. The first-order valence-electron chi connectivity index (χ1n) is 6.28. The number of piperazine rings is 1. The summed E-state index contributed by atoms with van der Waals surface area (Å²) >= 11 is 0. The topological polar surface area (TPSA) is 56.4 Å². The second kappa shape index (κ2) is 5.32. The summed E-state index contributed by atoms with van der Waals surface area (Å²) in [5.41, 5.74) is 4.63. The minimum absolute atomic E-state index is 0.268. The zero-order chi connectivity index (χ0) is 14.9. The van der Waals surface area contributed by atoms with Crippen LogP contribution in [0.25, 0.3) is 0 Å². The van der Waals surface area contributed by atoms with Crippen molar-refractivity contribution in [3.63, 3.8) is 0 Å². The minimum Gasteiger partial charge on any atom is -0.384 e. The molecule has 0 unspecified atom stereocenters. The molecule has 1 aromatic carbocycles. The molecule has 1 fully saturated rings. The summed E-state index contributed by atoms with van der Waals surface area (Å²) in [5.74, 6) is -0.567. The number of anilines is 1. The molecule has 0 saturated carbocycles. The molecule has 0 bridgehead atoms. The van der Waals surface area contributed by atoms with Gasteiger partial charge in [0.1, 0.15) is 5.84 Å². The van der Waals surface area contributed by atoms with Crippen LogP contribution in [0.3, 0.4) is 0 Å². The molecule has 20 heavy (non-hydrogen) atoms. The van der Waals surface area contributed by atoms with Gasteiger partial charge in [-0.2, -0.15) is 13.2 Å². The second-order valence-corrected chi connectivity index (χ2v) is 4.93. The van der Waals surface area contributed by atoms with Gasteiger partial charge in [-0.05, 0) is 25.2 Å². The van der Waals surface area contributed by atoms with Crippen molar-refractivity contribution in [2.24, 2.45) is 5.73 Å². The van der Waals surface area contributed by atoms with E-state index in [2.05, 4.69) is 4.90 Å². The number of hydrogen-bond donors (Lipinski definition) is 2. The minimum atomic E-state index is -4.51. The largest absolute Gasteiger partial charge is 0.417 e. The first-order valence-corrected chi connectivity index (χ1v) is 6.28. The molecule has 1 saturated heterocycles. The van der Waals surface area contributed by atoms with E-state index in [0.29, 0.717) is 18.8 Å². The fraction of sp³-hybridized carbons (Fsp3) is 0.462. The van der Waals surface area contributed by atoms with Crippen LogP contribution in [0.15, 0.2) is 18.2 Å². The number of nitrogen functional groups attached to an aromatic ring is 1. The van der Waals surface area contributed by atoms with E-state index in [4.69, 9.17) is 11.1 Å². The molecule has 0 atom stereocenters. The molecule has 2 rings (SSSR count). The van der Waals surface area contributed by atoms with Gasteiger partial charge in [-0.15, -0.1) is 0 Å². The van der Waals surface area contributed by atoms with E-state index in [-0.39, 0.29) is 5.56 Å². The number of benzene rings is 1. The van der Waals surface area contributed by atoms with E-state index in [1.807, 2.05) is 11.9 Å². The third-order valence-corrected chi connectivity index (χ3v) is 3.47. The number of amidine groups is 1. The Hall–Kier alpha value is -1.76. The Balaban J connectivity index is 2.35. The van der Waals surface area contributed by atoms with Crippen LogP contribution < -0.4 is 10.6 Å². The average Bonchev–Trinajstić information content (AvgIpc) is 2.38. The van der Waals surface area contributed by atoms with Crippen LogP contribution in [-0.4, -0.2) is 44.0 Å². The van der Waals surface area contributed by atoms with E-state index in [1.54, 1.807) is 6.07 Å². The maximum atomic E-state index is 13.0. The summed E-state index contributed by atoms with van der Waals surface area (Å²) in [6, 6.07) is 3.96. The predicted octanol–water partition coefficient (Wildman–Crippen LogP) is 1.74. The summed E-state index contributed by atoms with van der Waals surface area (Å²) < 4.78 is 39.1. The molecule has 1 aromatic rings. The molecule has 0 amide bonds. The standard InChI is InChI=1S/C13H17F3N4/c1-19-4-6-20(7-5-19)9-2-3-10(12(17)18)11(8-9)13(14,15)16/h2-3,8H,4-7H2,1H3,(H3,17,18). The van der Waals surface area contributed by atoms with Crippen molar-refractivity contribution in [3.05, 3.63) is 29.3 Å². The number of nitrogens with one attached hydrogen (secondary N) is 1. The Morgan fingerprint density at radius 2 is 1.80 bits per heavy atom. The molecule has 110 valence electrons. The van der Waals surface area contributed by atoms with E-state index in [0.717, 1.165) is 19.2 Å². The summed E-state index contributed by atoms with van der Waals surface area (Å²) in [4.78, 5) is 4.05. The van der Waals surface area contributed by atoms with Crippen LogP contribution in [0.5, 0.6) is 0 Å². The SMILES string of the molecule is CN1CCN(c2ccc(C(=N)N)c(C(F)(F)F)c2)CC1. The number of rotatable bonds is 2.